The summed E-state index contributed by atoms with van der Waals surface area (Å²) in [5, 5.41) is 0.701. The summed E-state index contributed by atoms with van der Waals surface area (Å²) in [4.78, 5) is 37.7. The van der Waals surface area contributed by atoms with Gasteiger partial charge in [-0.05, 0) is 39.8 Å². The summed E-state index contributed by atoms with van der Waals surface area (Å²) >= 11 is 12.1. The largest absolute Gasteiger partial charge is 0.465 e. The number of cyclic esters (lactones) is 1. The van der Waals surface area contributed by atoms with E-state index in [1.165, 1.54) is 13.0 Å². The fourth-order valence-electron chi connectivity index (χ4n) is 2.85. The molecule has 7 heteroatoms. The van der Waals surface area contributed by atoms with Crippen molar-refractivity contribution >= 4 is 40.9 Å². The number of rotatable bonds is 3. The van der Waals surface area contributed by atoms with Gasteiger partial charge in [-0.2, -0.15) is 0 Å². The maximum absolute atomic E-state index is 13.0. The first-order valence-corrected chi connectivity index (χ1v) is 8.20. The molecule has 1 aromatic rings. The Balaban J connectivity index is 2.50. The molecular formula is C17H18Cl2O5. The highest BCUT2D eigenvalue weighted by Crippen LogP contribution is 2.49. The number of benzene rings is 1. The van der Waals surface area contributed by atoms with Gasteiger partial charge in [0, 0.05) is 15.6 Å². The summed E-state index contributed by atoms with van der Waals surface area (Å²) in [6.45, 7) is 6.10. The van der Waals surface area contributed by atoms with Crippen LogP contribution >= 0.6 is 23.2 Å². The van der Waals surface area contributed by atoms with Crippen LogP contribution in [0.3, 0.4) is 0 Å². The Morgan fingerprint density at radius 2 is 1.88 bits per heavy atom. The third-order valence-corrected chi connectivity index (χ3v) is 4.82. The SMILES string of the molecule is CCOC(=O)C1(C)C(=O)OC(c2ccc(Cl)cc2Cl)C(C)(C)C1=O. The van der Waals surface area contributed by atoms with Crippen molar-refractivity contribution in [3.8, 4) is 0 Å². The molecule has 0 bridgehead atoms. The first-order valence-electron chi connectivity index (χ1n) is 7.45. The average molecular weight is 373 g/mol. The van der Waals surface area contributed by atoms with Gasteiger partial charge >= 0.3 is 11.9 Å². The monoisotopic (exact) mass is 372 g/mol. The molecule has 0 radical (unpaired) electrons. The van der Waals surface area contributed by atoms with Crippen molar-refractivity contribution < 1.29 is 23.9 Å². The molecule has 1 aromatic carbocycles. The summed E-state index contributed by atoms with van der Waals surface area (Å²) < 4.78 is 10.4. The molecule has 2 atom stereocenters. The van der Waals surface area contributed by atoms with Crippen molar-refractivity contribution in [1.82, 2.24) is 0 Å². The van der Waals surface area contributed by atoms with Crippen LogP contribution in [0.15, 0.2) is 18.2 Å². The van der Waals surface area contributed by atoms with Crippen LogP contribution in [-0.4, -0.2) is 24.3 Å². The molecule has 1 heterocycles. The third-order valence-electron chi connectivity index (χ3n) is 4.26. The Bertz CT molecular complexity index is 713. The Hall–Kier alpha value is -1.59. The van der Waals surface area contributed by atoms with E-state index in [1.807, 2.05) is 0 Å². The summed E-state index contributed by atoms with van der Waals surface area (Å²) in [6.07, 6.45) is -0.926. The number of halogens is 2. The fraction of sp³-hybridized carbons (Fsp3) is 0.471. The molecule has 0 amide bonds. The zero-order chi connectivity index (χ0) is 18.3. The standard InChI is InChI=1S/C17H18Cl2O5/c1-5-23-14(21)17(4)13(20)16(2,3)12(24-15(17)22)10-7-6-9(18)8-11(10)19/h6-8,12H,5H2,1-4H3. The Morgan fingerprint density at radius 1 is 1.25 bits per heavy atom. The molecule has 130 valence electrons. The number of carbonyl (C=O) groups excluding carboxylic acids is 3. The Kier molecular flexibility index (Phi) is 4.98. The maximum Gasteiger partial charge on any atom is 0.331 e. The van der Waals surface area contributed by atoms with Crippen molar-refractivity contribution in [2.75, 3.05) is 6.61 Å². The molecule has 1 fully saturated rings. The number of hydrogen-bond acceptors (Lipinski definition) is 5. The lowest BCUT2D eigenvalue weighted by Crippen LogP contribution is -2.57. The quantitative estimate of drug-likeness (QED) is 0.596. The molecule has 0 spiro atoms. The molecule has 2 unspecified atom stereocenters. The predicted octanol–water partition coefficient (Wildman–Crippen LogP) is 3.76. The number of hydrogen-bond donors (Lipinski definition) is 0. The van der Waals surface area contributed by atoms with Gasteiger partial charge in [0.05, 0.1) is 12.0 Å². The van der Waals surface area contributed by atoms with Gasteiger partial charge in [0.1, 0.15) is 6.10 Å². The van der Waals surface area contributed by atoms with Crippen molar-refractivity contribution in [2.24, 2.45) is 10.8 Å². The molecule has 0 saturated carbocycles. The van der Waals surface area contributed by atoms with Crippen molar-refractivity contribution in [3.05, 3.63) is 33.8 Å². The van der Waals surface area contributed by atoms with Crippen LogP contribution in [0.25, 0.3) is 0 Å². The van der Waals surface area contributed by atoms with E-state index in [4.69, 9.17) is 32.7 Å². The van der Waals surface area contributed by atoms with Crippen LogP contribution in [0.2, 0.25) is 10.0 Å². The zero-order valence-electron chi connectivity index (χ0n) is 13.8. The van der Waals surface area contributed by atoms with Crippen LogP contribution in [0, 0.1) is 10.8 Å². The lowest BCUT2D eigenvalue weighted by atomic mass is 9.66. The minimum Gasteiger partial charge on any atom is -0.465 e. The molecular weight excluding hydrogens is 355 g/mol. The first-order chi connectivity index (χ1) is 11.1. The summed E-state index contributed by atoms with van der Waals surface area (Å²) in [7, 11) is 0. The average Bonchev–Trinajstić information content (AvgIpc) is 2.50. The van der Waals surface area contributed by atoms with E-state index in [1.54, 1.807) is 32.9 Å². The third kappa shape index (κ3) is 2.80. The highest BCUT2D eigenvalue weighted by molar-refractivity contribution is 6.35. The number of carbonyl (C=O) groups is 3. The highest BCUT2D eigenvalue weighted by Gasteiger charge is 2.63. The van der Waals surface area contributed by atoms with E-state index >= 15 is 0 Å². The van der Waals surface area contributed by atoms with Crippen LogP contribution in [0.5, 0.6) is 0 Å². The van der Waals surface area contributed by atoms with E-state index in [0.29, 0.717) is 10.6 Å². The van der Waals surface area contributed by atoms with E-state index in [0.717, 1.165) is 0 Å². The fourth-order valence-corrected chi connectivity index (χ4v) is 3.35. The Morgan fingerprint density at radius 3 is 2.42 bits per heavy atom. The van der Waals surface area contributed by atoms with Crippen LogP contribution in [0.1, 0.15) is 39.4 Å². The molecule has 0 N–H and O–H groups in total. The normalized spacial score (nSPS) is 26.0. The minimum absolute atomic E-state index is 0.0574. The van der Waals surface area contributed by atoms with Gasteiger partial charge in [-0.25, -0.2) is 0 Å². The Labute approximate surface area is 150 Å². The number of Topliss-reactive ketones (excluding diaryl/α,β-unsaturated/α-hetero) is 1. The predicted molar refractivity (Wildman–Crippen MR) is 88.8 cm³/mol. The second-order valence-corrected chi connectivity index (χ2v) is 7.19. The summed E-state index contributed by atoms with van der Waals surface area (Å²) in [6, 6.07) is 4.70. The molecule has 1 aliphatic heterocycles. The van der Waals surface area contributed by atoms with Gasteiger partial charge < -0.3 is 9.47 Å². The van der Waals surface area contributed by atoms with Gasteiger partial charge in [-0.1, -0.05) is 29.3 Å². The minimum atomic E-state index is -1.99. The molecule has 0 aliphatic carbocycles. The van der Waals surface area contributed by atoms with Crippen LogP contribution in [-0.2, 0) is 23.9 Å². The zero-order valence-corrected chi connectivity index (χ0v) is 15.3. The smallest absolute Gasteiger partial charge is 0.331 e. The van der Waals surface area contributed by atoms with Gasteiger partial charge in [-0.15, -0.1) is 0 Å². The second-order valence-electron chi connectivity index (χ2n) is 6.35. The van der Waals surface area contributed by atoms with Crippen LogP contribution in [0.4, 0.5) is 0 Å². The lowest BCUT2D eigenvalue weighted by molar-refractivity contribution is -0.195. The van der Waals surface area contributed by atoms with Crippen LogP contribution < -0.4 is 0 Å². The summed E-state index contributed by atoms with van der Waals surface area (Å²) in [5.74, 6) is -2.42. The number of ketones is 1. The van der Waals surface area contributed by atoms with Gasteiger partial charge in [0.15, 0.2) is 5.78 Å². The number of esters is 2. The van der Waals surface area contributed by atoms with E-state index < -0.39 is 34.7 Å². The maximum atomic E-state index is 13.0. The first kappa shape index (κ1) is 18.7. The molecule has 1 saturated heterocycles. The molecule has 1 aliphatic rings. The van der Waals surface area contributed by atoms with E-state index in [9.17, 15) is 14.4 Å². The van der Waals surface area contributed by atoms with Crippen molar-refractivity contribution in [1.29, 1.82) is 0 Å². The molecule has 24 heavy (non-hydrogen) atoms. The molecule has 5 nitrogen and oxygen atoms in total. The van der Waals surface area contributed by atoms with E-state index in [-0.39, 0.29) is 11.6 Å². The van der Waals surface area contributed by atoms with Gasteiger partial charge in [0.2, 0.25) is 5.41 Å². The topological polar surface area (TPSA) is 69.7 Å². The van der Waals surface area contributed by atoms with Crippen molar-refractivity contribution in [3.63, 3.8) is 0 Å². The molecule has 0 aromatic heterocycles. The van der Waals surface area contributed by atoms with Crippen molar-refractivity contribution in [2.45, 2.75) is 33.8 Å². The summed E-state index contributed by atoms with van der Waals surface area (Å²) in [5.41, 5.74) is -2.71. The number of ether oxygens (including phenoxy) is 2. The highest BCUT2D eigenvalue weighted by atomic mass is 35.5. The van der Waals surface area contributed by atoms with E-state index in [2.05, 4.69) is 0 Å². The molecule has 2 rings (SSSR count). The lowest BCUT2D eigenvalue weighted by Gasteiger charge is -2.43. The second kappa shape index (κ2) is 6.37. The van der Waals surface area contributed by atoms with Gasteiger partial charge in [-0.3, -0.25) is 14.4 Å². The van der Waals surface area contributed by atoms with Gasteiger partial charge in [0.25, 0.3) is 0 Å².